The van der Waals surface area contributed by atoms with E-state index in [2.05, 4.69) is 21.2 Å². The van der Waals surface area contributed by atoms with Crippen molar-refractivity contribution in [1.29, 1.82) is 0 Å². The molecule has 0 saturated heterocycles. The van der Waals surface area contributed by atoms with E-state index in [-0.39, 0.29) is 0 Å². The highest BCUT2D eigenvalue weighted by molar-refractivity contribution is 9.10. The van der Waals surface area contributed by atoms with Gasteiger partial charge in [-0.15, -0.1) is 0 Å². The summed E-state index contributed by atoms with van der Waals surface area (Å²) in [5.74, 6) is 0. The SMILES string of the molecule is CCNCc1cc(Br)ccc1N(C)CC(F)(F)F. The van der Waals surface area contributed by atoms with Crippen LogP contribution in [0.1, 0.15) is 12.5 Å². The van der Waals surface area contributed by atoms with Crippen LogP contribution in [0.5, 0.6) is 0 Å². The molecule has 0 aliphatic rings. The molecule has 1 aromatic rings. The molecule has 1 rings (SSSR count). The van der Waals surface area contributed by atoms with Crippen LogP contribution in [0, 0.1) is 0 Å². The van der Waals surface area contributed by atoms with Gasteiger partial charge in [0.1, 0.15) is 6.54 Å². The number of nitrogens with one attached hydrogen (secondary N) is 1. The molecule has 0 unspecified atom stereocenters. The predicted molar refractivity (Wildman–Crippen MR) is 70.8 cm³/mol. The Balaban J connectivity index is 2.92. The molecule has 2 nitrogen and oxygen atoms in total. The molecule has 0 heterocycles. The Labute approximate surface area is 113 Å². The van der Waals surface area contributed by atoms with Gasteiger partial charge in [0.15, 0.2) is 0 Å². The quantitative estimate of drug-likeness (QED) is 0.891. The number of nitrogens with zero attached hydrogens (tertiary/aromatic N) is 1. The molecule has 1 N–H and O–H groups in total. The molecule has 0 aromatic heterocycles. The van der Waals surface area contributed by atoms with Gasteiger partial charge in [0.25, 0.3) is 0 Å². The average molecular weight is 325 g/mol. The molecule has 0 saturated carbocycles. The predicted octanol–water partition coefficient (Wildman–Crippen LogP) is 3.56. The molecule has 0 amide bonds. The zero-order chi connectivity index (χ0) is 13.8. The van der Waals surface area contributed by atoms with Crippen LogP contribution >= 0.6 is 15.9 Å². The van der Waals surface area contributed by atoms with Gasteiger partial charge in [-0.05, 0) is 30.3 Å². The second-order valence-electron chi connectivity index (χ2n) is 4.02. The van der Waals surface area contributed by atoms with Gasteiger partial charge in [0.2, 0.25) is 0 Å². The van der Waals surface area contributed by atoms with E-state index in [1.807, 2.05) is 13.0 Å². The standard InChI is InChI=1S/C12H16BrF3N2/c1-3-17-7-9-6-10(13)4-5-11(9)18(2)8-12(14,15)16/h4-6,17H,3,7-8H2,1-2H3. The largest absolute Gasteiger partial charge is 0.405 e. The van der Waals surface area contributed by atoms with Gasteiger partial charge in [0, 0.05) is 23.8 Å². The molecule has 102 valence electrons. The van der Waals surface area contributed by atoms with Crippen molar-refractivity contribution in [2.75, 3.05) is 25.0 Å². The van der Waals surface area contributed by atoms with Crippen LogP contribution in [0.25, 0.3) is 0 Å². The van der Waals surface area contributed by atoms with Gasteiger partial charge in [-0.2, -0.15) is 13.2 Å². The summed E-state index contributed by atoms with van der Waals surface area (Å²) in [6.07, 6.45) is -4.20. The summed E-state index contributed by atoms with van der Waals surface area (Å²) in [6.45, 7) is 2.33. The maximum atomic E-state index is 12.4. The Morgan fingerprint density at radius 2 is 2.00 bits per heavy atom. The van der Waals surface area contributed by atoms with E-state index in [1.54, 1.807) is 12.1 Å². The number of benzene rings is 1. The van der Waals surface area contributed by atoms with Crippen LogP contribution in [0.4, 0.5) is 18.9 Å². The average Bonchev–Trinajstić information content (AvgIpc) is 2.23. The molecule has 0 aliphatic heterocycles. The first-order chi connectivity index (χ1) is 8.33. The molecular weight excluding hydrogens is 309 g/mol. The molecule has 0 atom stereocenters. The van der Waals surface area contributed by atoms with E-state index in [0.717, 1.165) is 16.6 Å². The van der Waals surface area contributed by atoms with Crippen molar-refractivity contribution in [3.05, 3.63) is 28.2 Å². The van der Waals surface area contributed by atoms with Gasteiger partial charge in [-0.3, -0.25) is 0 Å². The zero-order valence-corrected chi connectivity index (χ0v) is 11.9. The minimum atomic E-state index is -4.20. The molecule has 1 aromatic carbocycles. The molecule has 0 spiro atoms. The van der Waals surface area contributed by atoms with Crippen molar-refractivity contribution in [1.82, 2.24) is 5.32 Å². The third-order valence-electron chi connectivity index (χ3n) is 2.43. The van der Waals surface area contributed by atoms with Crippen molar-refractivity contribution in [2.45, 2.75) is 19.6 Å². The van der Waals surface area contributed by atoms with Crippen LogP contribution < -0.4 is 10.2 Å². The summed E-state index contributed by atoms with van der Waals surface area (Å²) in [5.41, 5.74) is 1.44. The number of anilines is 1. The van der Waals surface area contributed by atoms with Crippen LogP contribution in [-0.2, 0) is 6.54 Å². The Morgan fingerprint density at radius 1 is 1.33 bits per heavy atom. The molecule has 0 bridgehead atoms. The summed E-state index contributed by atoms with van der Waals surface area (Å²) < 4.78 is 38.0. The van der Waals surface area contributed by atoms with Gasteiger partial charge in [0.05, 0.1) is 0 Å². The Kier molecular flexibility index (Phi) is 5.47. The third kappa shape index (κ3) is 4.86. The first-order valence-electron chi connectivity index (χ1n) is 5.60. The van der Waals surface area contributed by atoms with E-state index >= 15 is 0 Å². The highest BCUT2D eigenvalue weighted by atomic mass is 79.9. The van der Waals surface area contributed by atoms with Crippen molar-refractivity contribution in [2.24, 2.45) is 0 Å². The summed E-state index contributed by atoms with van der Waals surface area (Å²) in [4.78, 5) is 1.22. The van der Waals surface area contributed by atoms with E-state index < -0.39 is 12.7 Å². The van der Waals surface area contributed by atoms with Gasteiger partial charge >= 0.3 is 6.18 Å². The van der Waals surface area contributed by atoms with Crippen LogP contribution in [-0.4, -0.2) is 26.3 Å². The maximum absolute atomic E-state index is 12.4. The van der Waals surface area contributed by atoms with Gasteiger partial charge < -0.3 is 10.2 Å². The zero-order valence-electron chi connectivity index (χ0n) is 10.3. The van der Waals surface area contributed by atoms with E-state index in [4.69, 9.17) is 0 Å². The summed E-state index contributed by atoms with van der Waals surface area (Å²) in [5, 5.41) is 3.12. The lowest BCUT2D eigenvalue weighted by Gasteiger charge is -2.24. The molecular formula is C12H16BrF3N2. The van der Waals surface area contributed by atoms with E-state index in [0.29, 0.717) is 12.2 Å². The lowest BCUT2D eigenvalue weighted by atomic mass is 10.1. The van der Waals surface area contributed by atoms with E-state index in [9.17, 15) is 13.2 Å². The summed E-state index contributed by atoms with van der Waals surface area (Å²) in [6, 6.07) is 5.28. The number of rotatable bonds is 5. The number of alkyl halides is 3. The fraction of sp³-hybridized carbons (Fsp3) is 0.500. The highest BCUT2D eigenvalue weighted by Gasteiger charge is 2.29. The van der Waals surface area contributed by atoms with Crippen LogP contribution in [0.2, 0.25) is 0 Å². The van der Waals surface area contributed by atoms with Crippen molar-refractivity contribution in [3.63, 3.8) is 0 Å². The lowest BCUT2D eigenvalue weighted by Crippen LogP contribution is -2.31. The fourth-order valence-electron chi connectivity index (χ4n) is 1.68. The van der Waals surface area contributed by atoms with Crippen molar-refractivity contribution < 1.29 is 13.2 Å². The van der Waals surface area contributed by atoms with Crippen LogP contribution in [0.3, 0.4) is 0 Å². The first kappa shape index (κ1) is 15.3. The normalized spacial score (nSPS) is 11.7. The molecule has 0 aliphatic carbocycles. The molecule has 0 radical (unpaired) electrons. The Bertz CT molecular complexity index is 393. The smallest absolute Gasteiger partial charge is 0.365 e. The van der Waals surface area contributed by atoms with Gasteiger partial charge in [-0.25, -0.2) is 0 Å². The maximum Gasteiger partial charge on any atom is 0.405 e. The fourth-order valence-corrected chi connectivity index (χ4v) is 2.09. The second-order valence-corrected chi connectivity index (χ2v) is 4.94. The van der Waals surface area contributed by atoms with Crippen LogP contribution in [0.15, 0.2) is 22.7 Å². The first-order valence-corrected chi connectivity index (χ1v) is 6.40. The lowest BCUT2D eigenvalue weighted by molar-refractivity contribution is -0.119. The second kappa shape index (κ2) is 6.43. The van der Waals surface area contributed by atoms with Gasteiger partial charge in [-0.1, -0.05) is 22.9 Å². The highest BCUT2D eigenvalue weighted by Crippen LogP contribution is 2.26. The molecule has 6 heteroatoms. The monoisotopic (exact) mass is 324 g/mol. The third-order valence-corrected chi connectivity index (χ3v) is 2.93. The topological polar surface area (TPSA) is 15.3 Å². The Morgan fingerprint density at radius 3 is 2.56 bits per heavy atom. The van der Waals surface area contributed by atoms with Crippen molar-refractivity contribution >= 4 is 21.6 Å². The molecule has 0 fully saturated rings. The summed E-state index contributed by atoms with van der Waals surface area (Å²) in [7, 11) is 1.45. The minimum absolute atomic E-state index is 0.549. The number of halogens is 4. The minimum Gasteiger partial charge on any atom is -0.365 e. The number of hydrogen-bond acceptors (Lipinski definition) is 2. The van der Waals surface area contributed by atoms with Crippen molar-refractivity contribution in [3.8, 4) is 0 Å². The van der Waals surface area contributed by atoms with E-state index in [1.165, 1.54) is 11.9 Å². The Hall–Kier alpha value is -0.750. The number of hydrogen-bond donors (Lipinski definition) is 1. The summed E-state index contributed by atoms with van der Waals surface area (Å²) >= 11 is 3.33. The molecule has 18 heavy (non-hydrogen) atoms.